The molecule has 2 aliphatic heterocycles. The number of hydrogen-bond acceptors (Lipinski definition) is 5. The van der Waals surface area contributed by atoms with Crippen LogP contribution in [0.1, 0.15) is 12.8 Å². The first kappa shape index (κ1) is 13.3. The lowest BCUT2D eigenvalue weighted by atomic mass is 9.96. The van der Waals surface area contributed by atoms with Crippen LogP contribution >= 0.6 is 0 Å². The maximum absolute atomic E-state index is 12.1. The summed E-state index contributed by atoms with van der Waals surface area (Å²) in [5.74, 6) is 0. The second kappa shape index (κ2) is 5.22. The Hall–Kier alpha value is -0.170. The number of ether oxygens (including phenoxy) is 1. The maximum Gasteiger partial charge on any atom is 0.154 e. The fourth-order valence-electron chi connectivity index (χ4n) is 2.70. The number of nitrogens with zero attached hydrogens (tertiary/aromatic N) is 1. The molecule has 0 aromatic heterocycles. The summed E-state index contributed by atoms with van der Waals surface area (Å²) in [4.78, 5) is 2.23. The predicted molar refractivity (Wildman–Crippen MR) is 66.9 cm³/mol. The molecule has 2 fully saturated rings. The molecular formula is C11H22N2O3S. The molecule has 2 aliphatic rings. The monoisotopic (exact) mass is 262 g/mol. The van der Waals surface area contributed by atoms with Crippen molar-refractivity contribution in [1.82, 2.24) is 10.2 Å². The summed E-state index contributed by atoms with van der Waals surface area (Å²) in [5.41, 5.74) is 0. The first-order chi connectivity index (χ1) is 8.04. The van der Waals surface area contributed by atoms with Crippen LogP contribution in [0, 0.1) is 0 Å². The fraction of sp³-hybridized carbons (Fsp3) is 1.00. The van der Waals surface area contributed by atoms with E-state index in [0.29, 0.717) is 6.54 Å². The van der Waals surface area contributed by atoms with Gasteiger partial charge in [-0.25, -0.2) is 8.42 Å². The summed E-state index contributed by atoms with van der Waals surface area (Å²) in [5, 5.41) is 3.24. The van der Waals surface area contributed by atoms with Crippen molar-refractivity contribution in [3.05, 3.63) is 0 Å². The first-order valence-corrected chi connectivity index (χ1v) is 8.13. The van der Waals surface area contributed by atoms with Crippen molar-refractivity contribution in [1.29, 1.82) is 0 Å². The molecule has 0 spiro atoms. The molecule has 2 rings (SSSR count). The number of morpholine rings is 1. The van der Waals surface area contributed by atoms with Crippen LogP contribution in [0.2, 0.25) is 0 Å². The van der Waals surface area contributed by atoms with Gasteiger partial charge in [-0.05, 0) is 25.9 Å². The van der Waals surface area contributed by atoms with Crippen molar-refractivity contribution in [2.75, 3.05) is 52.2 Å². The van der Waals surface area contributed by atoms with Crippen molar-refractivity contribution < 1.29 is 13.2 Å². The van der Waals surface area contributed by atoms with Crippen LogP contribution in [0.5, 0.6) is 0 Å². The highest BCUT2D eigenvalue weighted by molar-refractivity contribution is 7.92. The zero-order valence-corrected chi connectivity index (χ0v) is 11.3. The highest BCUT2D eigenvalue weighted by Crippen LogP contribution is 2.29. The summed E-state index contributed by atoms with van der Waals surface area (Å²) < 4.78 is 29.0. The minimum absolute atomic E-state index is 0.546. The van der Waals surface area contributed by atoms with Gasteiger partial charge in [0.2, 0.25) is 0 Å². The standard InChI is InChI=1S/C11H22N2O3S/c1-17(14,15)11(2-4-12-5-3-11)10-13-6-8-16-9-7-13/h12H,2-10H2,1H3. The van der Waals surface area contributed by atoms with Gasteiger partial charge in [-0.1, -0.05) is 0 Å². The first-order valence-electron chi connectivity index (χ1n) is 6.24. The van der Waals surface area contributed by atoms with Crippen LogP contribution < -0.4 is 5.32 Å². The van der Waals surface area contributed by atoms with E-state index in [-0.39, 0.29) is 0 Å². The van der Waals surface area contributed by atoms with Crippen LogP contribution in [0.4, 0.5) is 0 Å². The summed E-state index contributed by atoms with van der Waals surface area (Å²) in [6.07, 6.45) is 2.84. The Labute approximate surface area is 103 Å². The SMILES string of the molecule is CS(=O)(=O)C1(CN2CCOCC2)CCNCC1. The summed E-state index contributed by atoms with van der Waals surface area (Å²) in [6.45, 7) is 5.41. The summed E-state index contributed by atoms with van der Waals surface area (Å²) in [7, 11) is -3.01. The molecule has 5 nitrogen and oxygen atoms in total. The Morgan fingerprint density at radius 2 is 1.82 bits per heavy atom. The lowest BCUT2D eigenvalue weighted by Crippen LogP contribution is -2.55. The molecule has 0 aliphatic carbocycles. The highest BCUT2D eigenvalue weighted by Gasteiger charge is 2.43. The third-order valence-corrected chi connectivity index (χ3v) is 6.03. The van der Waals surface area contributed by atoms with Crippen molar-refractivity contribution in [2.24, 2.45) is 0 Å². The van der Waals surface area contributed by atoms with E-state index < -0.39 is 14.6 Å². The number of sulfone groups is 1. The zero-order valence-electron chi connectivity index (χ0n) is 10.4. The molecule has 0 aromatic carbocycles. The molecule has 100 valence electrons. The summed E-state index contributed by atoms with van der Waals surface area (Å²) in [6, 6.07) is 0. The van der Waals surface area contributed by atoms with Gasteiger partial charge < -0.3 is 10.1 Å². The Balaban J connectivity index is 2.10. The number of hydrogen-bond donors (Lipinski definition) is 1. The van der Waals surface area contributed by atoms with Crippen molar-refractivity contribution in [3.63, 3.8) is 0 Å². The molecule has 1 N–H and O–H groups in total. The Kier molecular flexibility index (Phi) is 4.07. The second-order valence-corrected chi connectivity index (χ2v) is 7.50. The smallest absolute Gasteiger partial charge is 0.154 e. The molecule has 2 saturated heterocycles. The third kappa shape index (κ3) is 2.99. The Morgan fingerprint density at radius 1 is 1.24 bits per heavy atom. The summed E-state index contributed by atoms with van der Waals surface area (Å²) >= 11 is 0. The molecule has 2 heterocycles. The van der Waals surface area contributed by atoms with Gasteiger partial charge in [-0.15, -0.1) is 0 Å². The zero-order chi connectivity index (χ0) is 12.4. The van der Waals surface area contributed by atoms with E-state index in [1.54, 1.807) is 0 Å². The van der Waals surface area contributed by atoms with Gasteiger partial charge in [0.05, 0.1) is 18.0 Å². The Morgan fingerprint density at radius 3 is 2.35 bits per heavy atom. The van der Waals surface area contributed by atoms with E-state index in [1.165, 1.54) is 6.26 Å². The molecule has 0 saturated carbocycles. The molecule has 6 heteroatoms. The van der Waals surface area contributed by atoms with Crippen LogP contribution in [-0.4, -0.2) is 70.3 Å². The Bertz CT molecular complexity index is 344. The molecule has 0 unspecified atom stereocenters. The minimum atomic E-state index is -3.01. The van der Waals surface area contributed by atoms with Crippen LogP contribution in [0.25, 0.3) is 0 Å². The van der Waals surface area contributed by atoms with Gasteiger partial charge in [-0.3, -0.25) is 4.90 Å². The number of rotatable bonds is 3. The molecule has 0 aromatic rings. The second-order valence-electron chi connectivity index (χ2n) is 5.09. The molecule has 0 atom stereocenters. The van der Waals surface area contributed by atoms with E-state index in [9.17, 15) is 8.42 Å². The van der Waals surface area contributed by atoms with E-state index in [1.807, 2.05) is 0 Å². The normalized spacial score (nSPS) is 26.9. The molecule has 0 amide bonds. The number of piperidine rings is 1. The van der Waals surface area contributed by atoms with Gasteiger partial charge in [0.25, 0.3) is 0 Å². The van der Waals surface area contributed by atoms with Crippen LogP contribution in [0.3, 0.4) is 0 Å². The molecule has 17 heavy (non-hydrogen) atoms. The lowest BCUT2D eigenvalue weighted by Gasteiger charge is -2.40. The lowest BCUT2D eigenvalue weighted by molar-refractivity contribution is 0.0309. The van der Waals surface area contributed by atoms with Crippen molar-refractivity contribution in [2.45, 2.75) is 17.6 Å². The quantitative estimate of drug-likeness (QED) is 0.742. The predicted octanol–water partition coefficient (Wildman–Crippen LogP) is -0.515. The fourth-order valence-corrected chi connectivity index (χ4v) is 4.06. The number of nitrogens with one attached hydrogen (secondary N) is 1. The minimum Gasteiger partial charge on any atom is -0.379 e. The maximum atomic E-state index is 12.1. The average Bonchev–Trinajstić information content (AvgIpc) is 2.30. The van der Waals surface area contributed by atoms with E-state index in [2.05, 4.69) is 10.2 Å². The van der Waals surface area contributed by atoms with Gasteiger partial charge >= 0.3 is 0 Å². The van der Waals surface area contributed by atoms with Crippen molar-refractivity contribution >= 4 is 9.84 Å². The van der Waals surface area contributed by atoms with Crippen molar-refractivity contribution in [3.8, 4) is 0 Å². The topological polar surface area (TPSA) is 58.6 Å². The third-order valence-electron chi connectivity index (χ3n) is 3.92. The highest BCUT2D eigenvalue weighted by atomic mass is 32.2. The van der Waals surface area contributed by atoms with Gasteiger partial charge in [0.1, 0.15) is 0 Å². The van der Waals surface area contributed by atoms with E-state index in [0.717, 1.165) is 52.2 Å². The van der Waals surface area contributed by atoms with Crippen LogP contribution in [0.15, 0.2) is 0 Å². The molecule has 0 radical (unpaired) electrons. The van der Waals surface area contributed by atoms with Gasteiger partial charge in [0, 0.05) is 25.9 Å². The molecule has 0 bridgehead atoms. The largest absolute Gasteiger partial charge is 0.379 e. The average molecular weight is 262 g/mol. The van der Waals surface area contributed by atoms with E-state index >= 15 is 0 Å². The van der Waals surface area contributed by atoms with Gasteiger partial charge in [0.15, 0.2) is 9.84 Å². The van der Waals surface area contributed by atoms with Gasteiger partial charge in [-0.2, -0.15) is 0 Å². The van der Waals surface area contributed by atoms with Crippen LogP contribution in [-0.2, 0) is 14.6 Å². The molecular weight excluding hydrogens is 240 g/mol. The van der Waals surface area contributed by atoms with E-state index in [4.69, 9.17) is 4.74 Å².